The summed E-state index contributed by atoms with van der Waals surface area (Å²) in [5.74, 6) is 0.794. The Balaban J connectivity index is 1.80. The zero-order chi connectivity index (χ0) is 13.4. The summed E-state index contributed by atoms with van der Waals surface area (Å²) in [4.78, 5) is 17.5. The Morgan fingerprint density at radius 1 is 1.37 bits per heavy atom. The van der Waals surface area contributed by atoms with E-state index in [-0.39, 0.29) is 0 Å². The third-order valence-corrected chi connectivity index (χ3v) is 4.52. The van der Waals surface area contributed by atoms with Crippen LogP contribution in [-0.4, -0.2) is 30.0 Å². The average molecular weight is 260 g/mol. The zero-order valence-corrected chi connectivity index (χ0v) is 11.0. The molecule has 2 heterocycles. The van der Waals surface area contributed by atoms with E-state index in [0.717, 1.165) is 25.2 Å². The predicted molar refractivity (Wildman–Crippen MR) is 73.8 cm³/mol. The first-order chi connectivity index (χ1) is 9.15. The molecule has 0 radical (unpaired) electrons. The van der Waals surface area contributed by atoms with E-state index in [2.05, 4.69) is 9.88 Å². The van der Waals surface area contributed by atoms with E-state index in [1.54, 1.807) is 12.3 Å². The highest BCUT2D eigenvalue weighted by atomic mass is 16.1. The first-order valence-electron chi connectivity index (χ1n) is 6.91. The van der Waals surface area contributed by atoms with E-state index in [1.807, 2.05) is 6.07 Å². The summed E-state index contributed by atoms with van der Waals surface area (Å²) in [6.45, 7) is 2.01. The van der Waals surface area contributed by atoms with Crippen molar-refractivity contribution in [2.24, 2.45) is 23.3 Å². The molecule has 1 aromatic heterocycles. The molecule has 1 amide bonds. The van der Waals surface area contributed by atoms with Gasteiger partial charge in [0.25, 0.3) is 5.91 Å². The Bertz CT molecular complexity index is 490. The van der Waals surface area contributed by atoms with Crippen molar-refractivity contribution < 1.29 is 4.79 Å². The first kappa shape index (κ1) is 12.4. The van der Waals surface area contributed by atoms with E-state index in [1.165, 1.54) is 12.8 Å². The lowest BCUT2D eigenvalue weighted by Crippen LogP contribution is -2.38. The Hall–Kier alpha value is -1.62. The van der Waals surface area contributed by atoms with E-state index in [0.29, 0.717) is 23.6 Å². The minimum atomic E-state index is -0.477. The van der Waals surface area contributed by atoms with Crippen LogP contribution in [0.15, 0.2) is 18.3 Å². The molecule has 0 spiro atoms. The van der Waals surface area contributed by atoms with E-state index >= 15 is 0 Å². The van der Waals surface area contributed by atoms with Crippen molar-refractivity contribution in [1.82, 2.24) is 4.98 Å². The van der Waals surface area contributed by atoms with Crippen molar-refractivity contribution in [3.05, 3.63) is 24.0 Å². The summed E-state index contributed by atoms with van der Waals surface area (Å²) < 4.78 is 0. The number of carbonyl (C=O) groups is 1. The number of hydrogen-bond donors (Lipinski definition) is 2. The zero-order valence-electron chi connectivity index (χ0n) is 11.0. The molecular weight excluding hydrogens is 240 g/mol. The van der Waals surface area contributed by atoms with Crippen LogP contribution in [0.5, 0.6) is 0 Å². The molecule has 1 saturated carbocycles. The van der Waals surface area contributed by atoms with Gasteiger partial charge in [-0.2, -0.15) is 0 Å². The topological polar surface area (TPSA) is 85.2 Å². The lowest BCUT2D eigenvalue weighted by molar-refractivity contribution is 0.0995. The molecule has 3 rings (SSSR count). The second kappa shape index (κ2) is 4.81. The van der Waals surface area contributed by atoms with Gasteiger partial charge in [0.1, 0.15) is 5.69 Å². The van der Waals surface area contributed by atoms with Gasteiger partial charge < -0.3 is 16.4 Å². The Kier molecular flexibility index (Phi) is 3.14. The highest BCUT2D eigenvalue weighted by Crippen LogP contribution is 2.37. The molecule has 102 valence electrons. The summed E-state index contributed by atoms with van der Waals surface area (Å²) in [6.07, 6.45) is 5.29. The lowest BCUT2D eigenvalue weighted by Gasteiger charge is -2.29. The van der Waals surface area contributed by atoms with Crippen LogP contribution in [0.2, 0.25) is 0 Å². The fourth-order valence-electron chi connectivity index (χ4n) is 3.48. The minimum absolute atomic E-state index is 0.321. The van der Waals surface area contributed by atoms with Crippen LogP contribution >= 0.6 is 0 Å². The standard InChI is InChI=1S/C14H20N4O/c15-12-3-1-2-9-7-18(8-11(9)12)10-4-5-17-13(6-10)14(16)19/h4-6,9,11-12H,1-3,7-8,15H2,(H2,16,19). The molecule has 0 aromatic carbocycles. The number of pyridine rings is 1. The third kappa shape index (κ3) is 2.30. The van der Waals surface area contributed by atoms with Crippen LogP contribution in [0, 0.1) is 11.8 Å². The van der Waals surface area contributed by atoms with Gasteiger partial charge >= 0.3 is 0 Å². The van der Waals surface area contributed by atoms with Crippen LogP contribution in [0.3, 0.4) is 0 Å². The molecule has 5 nitrogen and oxygen atoms in total. The van der Waals surface area contributed by atoms with Crippen molar-refractivity contribution in [3.8, 4) is 0 Å². The van der Waals surface area contributed by atoms with Crippen molar-refractivity contribution in [2.45, 2.75) is 25.3 Å². The quantitative estimate of drug-likeness (QED) is 0.821. The molecule has 3 atom stereocenters. The maximum atomic E-state index is 11.2. The predicted octanol–water partition coefficient (Wildman–Crippen LogP) is 0.744. The molecule has 2 aliphatic rings. The number of amides is 1. The smallest absolute Gasteiger partial charge is 0.267 e. The number of carbonyl (C=O) groups excluding carboxylic acids is 1. The molecule has 19 heavy (non-hydrogen) atoms. The Morgan fingerprint density at radius 2 is 2.21 bits per heavy atom. The number of hydrogen-bond acceptors (Lipinski definition) is 4. The highest BCUT2D eigenvalue weighted by Gasteiger charge is 2.38. The SMILES string of the molecule is NC(=O)c1cc(N2CC3CCCC(N)C3C2)ccn1. The second-order valence-corrected chi connectivity index (χ2v) is 5.69. The van der Waals surface area contributed by atoms with Gasteiger partial charge in [-0.15, -0.1) is 0 Å². The van der Waals surface area contributed by atoms with Crippen LogP contribution in [-0.2, 0) is 0 Å². The van der Waals surface area contributed by atoms with E-state index < -0.39 is 5.91 Å². The fourth-order valence-corrected chi connectivity index (χ4v) is 3.48. The Labute approximate surface area is 113 Å². The van der Waals surface area contributed by atoms with Gasteiger partial charge in [-0.25, -0.2) is 0 Å². The summed E-state index contributed by atoms with van der Waals surface area (Å²) >= 11 is 0. The number of anilines is 1. The number of nitrogens with two attached hydrogens (primary N) is 2. The molecule has 4 N–H and O–H groups in total. The molecule has 0 bridgehead atoms. The van der Waals surface area contributed by atoms with Gasteiger partial charge in [0.05, 0.1) is 0 Å². The van der Waals surface area contributed by atoms with Crippen molar-refractivity contribution in [3.63, 3.8) is 0 Å². The summed E-state index contributed by atoms with van der Waals surface area (Å²) in [7, 11) is 0. The molecule has 5 heteroatoms. The van der Waals surface area contributed by atoms with Gasteiger partial charge in [-0.1, -0.05) is 6.42 Å². The third-order valence-electron chi connectivity index (χ3n) is 4.52. The number of aromatic nitrogens is 1. The molecule has 2 fully saturated rings. The Morgan fingerprint density at radius 3 is 2.95 bits per heavy atom. The molecule has 1 saturated heterocycles. The van der Waals surface area contributed by atoms with Crippen LogP contribution < -0.4 is 16.4 Å². The highest BCUT2D eigenvalue weighted by molar-refractivity contribution is 5.91. The van der Waals surface area contributed by atoms with Crippen LogP contribution in [0.1, 0.15) is 29.8 Å². The molecule has 1 aromatic rings. The number of primary amides is 1. The van der Waals surface area contributed by atoms with Crippen LogP contribution in [0.25, 0.3) is 0 Å². The average Bonchev–Trinajstić information content (AvgIpc) is 2.84. The number of fused-ring (bicyclic) bond motifs is 1. The molecule has 1 aliphatic carbocycles. The largest absolute Gasteiger partial charge is 0.371 e. The van der Waals surface area contributed by atoms with Crippen molar-refractivity contribution >= 4 is 11.6 Å². The van der Waals surface area contributed by atoms with Crippen LogP contribution in [0.4, 0.5) is 5.69 Å². The van der Waals surface area contributed by atoms with Crippen molar-refractivity contribution in [1.29, 1.82) is 0 Å². The molecule has 3 unspecified atom stereocenters. The van der Waals surface area contributed by atoms with Gasteiger partial charge in [-0.3, -0.25) is 9.78 Å². The summed E-state index contributed by atoms with van der Waals surface area (Å²) in [5.41, 5.74) is 12.9. The maximum absolute atomic E-state index is 11.2. The lowest BCUT2D eigenvalue weighted by atomic mass is 9.78. The van der Waals surface area contributed by atoms with E-state index in [9.17, 15) is 4.79 Å². The van der Waals surface area contributed by atoms with Gasteiger partial charge in [0.15, 0.2) is 0 Å². The van der Waals surface area contributed by atoms with Gasteiger partial charge in [-0.05, 0) is 36.8 Å². The number of nitrogens with zero attached hydrogens (tertiary/aromatic N) is 2. The minimum Gasteiger partial charge on any atom is -0.371 e. The normalized spacial score (nSPS) is 30.2. The van der Waals surface area contributed by atoms with Crippen molar-refractivity contribution in [2.75, 3.05) is 18.0 Å². The summed E-state index contributed by atoms with van der Waals surface area (Å²) in [6, 6.07) is 4.04. The first-order valence-corrected chi connectivity index (χ1v) is 6.91. The van der Waals surface area contributed by atoms with Gasteiger partial charge in [0, 0.05) is 31.0 Å². The number of rotatable bonds is 2. The second-order valence-electron chi connectivity index (χ2n) is 5.69. The monoisotopic (exact) mass is 260 g/mol. The van der Waals surface area contributed by atoms with E-state index in [4.69, 9.17) is 11.5 Å². The van der Waals surface area contributed by atoms with Gasteiger partial charge in [0.2, 0.25) is 0 Å². The fraction of sp³-hybridized carbons (Fsp3) is 0.571. The molecular formula is C14H20N4O. The summed E-state index contributed by atoms with van der Waals surface area (Å²) in [5, 5.41) is 0. The molecule has 1 aliphatic heterocycles. The maximum Gasteiger partial charge on any atom is 0.267 e.